The van der Waals surface area contributed by atoms with Gasteiger partial charge < -0.3 is 16.1 Å². The first kappa shape index (κ1) is 23.1. The van der Waals surface area contributed by atoms with Gasteiger partial charge in [-0.25, -0.2) is 10.1 Å². The van der Waals surface area contributed by atoms with E-state index in [4.69, 9.17) is 5.84 Å². The van der Waals surface area contributed by atoms with Crippen LogP contribution in [0.25, 0.3) is 0 Å². The number of thioether (sulfide) groups is 1. The van der Waals surface area contributed by atoms with Crippen LogP contribution in [0.4, 0.5) is 17.3 Å². The SMILES string of the molecule is CCN(CC)c1ccc(/C=N/Nc2nnc(SCC(=O)Nc3cccc(C)c3)n2N)cc1. The van der Waals surface area contributed by atoms with Crippen molar-refractivity contribution in [3.8, 4) is 0 Å². The maximum atomic E-state index is 12.2. The molecule has 0 aliphatic carbocycles. The number of rotatable bonds is 10. The van der Waals surface area contributed by atoms with Crippen molar-refractivity contribution in [3.05, 3.63) is 59.7 Å². The fourth-order valence-corrected chi connectivity index (χ4v) is 3.68. The lowest BCUT2D eigenvalue weighted by Gasteiger charge is -2.20. The highest BCUT2D eigenvalue weighted by atomic mass is 32.2. The predicted octanol–water partition coefficient (Wildman–Crippen LogP) is 3.32. The maximum Gasteiger partial charge on any atom is 0.264 e. The first-order valence-electron chi connectivity index (χ1n) is 10.3. The van der Waals surface area contributed by atoms with Crippen molar-refractivity contribution < 1.29 is 4.79 Å². The number of aromatic nitrogens is 3. The van der Waals surface area contributed by atoms with Crippen LogP contribution in [0.3, 0.4) is 0 Å². The molecular formula is C22H28N8OS. The summed E-state index contributed by atoms with van der Waals surface area (Å²) in [5.74, 6) is 6.31. The smallest absolute Gasteiger partial charge is 0.264 e. The molecule has 3 aromatic rings. The summed E-state index contributed by atoms with van der Waals surface area (Å²) in [6.45, 7) is 8.17. The van der Waals surface area contributed by atoms with Crippen molar-refractivity contribution in [1.29, 1.82) is 0 Å². The molecule has 0 unspecified atom stereocenters. The van der Waals surface area contributed by atoms with E-state index in [0.717, 1.165) is 29.9 Å². The van der Waals surface area contributed by atoms with Gasteiger partial charge in [0.15, 0.2) is 0 Å². The number of carbonyl (C=O) groups is 1. The fraction of sp³-hybridized carbons (Fsp3) is 0.273. The second kappa shape index (κ2) is 11.2. The molecule has 1 heterocycles. The molecule has 0 saturated heterocycles. The van der Waals surface area contributed by atoms with Gasteiger partial charge in [-0.3, -0.25) is 4.79 Å². The van der Waals surface area contributed by atoms with Crippen LogP contribution in [0.1, 0.15) is 25.0 Å². The zero-order chi connectivity index (χ0) is 22.9. The monoisotopic (exact) mass is 452 g/mol. The molecule has 2 aromatic carbocycles. The van der Waals surface area contributed by atoms with Gasteiger partial charge in [0.05, 0.1) is 12.0 Å². The normalized spacial score (nSPS) is 11.0. The van der Waals surface area contributed by atoms with E-state index in [1.54, 1.807) is 6.21 Å². The molecule has 0 atom stereocenters. The quantitative estimate of drug-likeness (QED) is 0.187. The number of nitrogens with two attached hydrogens (primary N) is 1. The van der Waals surface area contributed by atoms with Gasteiger partial charge in [0, 0.05) is 24.5 Å². The van der Waals surface area contributed by atoms with Crippen LogP contribution in [-0.2, 0) is 4.79 Å². The average Bonchev–Trinajstić information content (AvgIpc) is 3.13. The van der Waals surface area contributed by atoms with Crippen LogP contribution < -0.4 is 21.5 Å². The molecule has 9 nitrogen and oxygen atoms in total. The van der Waals surface area contributed by atoms with Crippen LogP contribution in [0.5, 0.6) is 0 Å². The number of hydrazone groups is 1. The lowest BCUT2D eigenvalue weighted by molar-refractivity contribution is -0.113. The number of hydrogen-bond acceptors (Lipinski definition) is 8. The molecule has 0 spiro atoms. The Kier molecular flexibility index (Phi) is 8.09. The number of hydrogen-bond donors (Lipinski definition) is 3. The van der Waals surface area contributed by atoms with Gasteiger partial charge >= 0.3 is 0 Å². The highest BCUT2D eigenvalue weighted by molar-refractivity contribution is 7.99. The summed E-state index contributed by atoms with van der Waals surface area (Å²) in [5, 5.41) is 15.4. The Bertz CT molecular complexity index is 1060. The molecule has 3 rings (SSSR count). The fourth-order valence-electron chi connectivity index (χ4n) is 3.03. The largest absolute Gasteiger partial charge is 0.372 e. The number of anilines is 3. The maximum absolute atomic E-state index is 12.2. The van der Waals surface area contributed by atoms with Gasteiger partial charge in [0.2, 0.25) is 11.1 Å². The number of aryl methyl sites for hydroxylation is 1. The Morgan fingerprint density at radius 2 is 1.94 bits per heavy atom. The highest BCUT2D eigenvalue weighted by Gasteiger charge is 2.12. The molecule has 1 aromatic heterocycles. The lowest BCUT2D eigenvalue weighted by Crippen LogP contribution is -2.21. The molecule has 10 heteroatoms. The molecule has 0 bridgehead atoms. The van der Waals surface area contributed by atoms with E-state index < -0.39 is 0 Å². The predicted molar refractivity (Wildman–Crippen MR) is 132 cm³/mol. The first-order valence-corrected chi connectivity index (χ1v) is 11.3. The number of nitrogens with one attached hydrogen (secondary N) is 2. The first-order chi connectivity index (χ1) is 15.5. The van der Waals surface area contributed by atoms with Crippen molar-refractivity contribution in [1.82, 2.24) is 14.9 Å². The van der Waals surface area contributed by atoms with Gasteiger partial charge in [-0.2, -0.15) is 5.10 Å². The van der Waals surface area contributed by atoms with E-state index in [1.807, 2.05) is 43.3 Å². The third-order valence-electron chi connectivity index (χ3n) is 4.70. The summed E-state index contributed by atoms with van der Waals surface area (Å²) in [4.78, 5) is 14.5. The minimum absolute atomic E-state index is 0.149. The lowest BCUT2D eigenvalue weighted by atomic mass is 10.2. The van der Waals surface area contributed by atoms with Gasteiger partial charge in [0.1, 0.15) is 0 Å². The number of nitrogens with zero attached hydrogens (tertiary/aromatic N) is 5. The Morgan fingerprint density at radius 3 is 2.62 bits per heavy atom. The molecule has 32 heavy (non-hydrogen) atoms. The molecular weight excluding hydrogens is 424 g/mol. The van der Waals surface area contributed by atoms with Crippen molar-refractivity contribution in [2.24, 2.45) is 5.10 Å². The number of carbonyl (C=O) groups excluding carboxylic acids is 1. The van der Waals surface area contributed by atoms with Crippen molar-refractivity contribution in [3.63, 3.8) is 0 Å². The Morgan fingerprint density at radius 1 is 1.19 bits per heavy atom. The van der Waals surface area contributed by atoms with Gasteiger partial charge in [0.25, 0.3) is 5.95 Å². The van der Waals surface area contributed by atoms with Crippen molar-refractivity contribution >= 4 is 41.2 Å². The number of nitrogen functional groups attached to an aromatic ring is 1. The molecule has 0 aliphatic rings. The summed E-state index contributed by atoms with van der Waals surface area (Å²) in [5.41, 5.74) is 6.74. The molecule has 4 N–H and O–H groups in total. The third kappa shape index (κ3) is 6.24. The van der Waals surface area contributed by atoms with Crippen molar-refractivity contribution in [2.45, 2.75) is 25.9 Å². The summed E-state index contributed by atoms with van der Waals surface area (Å²) < 4.78 is 1.27. The standard InChI is InChI=1S/C22H28N8OS/c1-4-29(5-2)19-11-9-17(10-12-19)14-24-26-21-27-28-22(30(21)23)32-15-20(31)25-18-8-6-7-16(3)13-18/h6-14H,4-5,15,23H2,1-3H3,(H,25,31)(H,26,27)/b24-14+. The Labute approximate surface area is 192 Å². The average molecular weight is 453 g/mol. The second-order valence-corrected chi connectivity index (χ2v) is 7.96. The van der Waals surface area contributed by atoms with Crippen LogP contribution in [0.15, 0.2) is 58.8 Å². The second-order valence-electron chi connectivity index (χ2n) is 7.02. The Balaban J connectivity index is 1.51. The topological polar surface area (TPSA) is 113 Å². The molecule has 168 valence electrons. The Hall–Kier alpha value is -3.53. The molecule has 0 radical (unpaired) electrons. The number of amides is 1. The highest BCUT2D eigenvalue weighted by Crippen LogP contribution is 2.18. The van der Waals surface area contributed by atoms with Gasteiger partial charge in [-0.15, -0.1) is 10.2 Å². The van der Waals surface area contributed by atoms with Crippen LogP contribution in [0, 0.1) is 6.92 Å². The van der Waals surface area contributed by atoms with E-state index in [2.05, 4.69) is 56.9 Å². The summed E-state index contributed by atoms with van der Waals surface area (Å²) in [6.07, 6.45) is 1.68. The molecule has 0 aliphatic heterocycles. The van der Waals surface area contributed by atoms with Crippen molar-refractivity contribution in [2.75, 3.05) is 40.3 Å². The van der Waals surface area contributed by atoms with E-state index in [1.165, 1.54) is 22.1 Å². The van der Waals surface area contributed by atoms with E-state index in [9.17, 15) is 4.79 Å². The van der Waals surface area contributed by atoms with Gasteiger partial charge in [-0.1, -0.05) is 36.0 Å². The summed E-state index contributed by atoms with van der Waals surface area (Å²) in [7, 11) is 0. The minimum atomic E-state index is -0.149. The molecule has 1 amide bonds. The zero-order valence-electron chi connectivity index (χ0n) is 18.4. The summed E-state index contributed by atoms with van der Waals surface area (Å²) >= 11 is 1.19. The van der Waals surface area contributed by atoms with E-state index in [0.29, 0.717) is 5.16 Å². The minimum Gasteiger partial charge on any atom is -0.372 e. The number of benzene rings is 2. The zero-order valence-corrected chi connectivity index (χ0v) is 19.3. The van der Waals surface area contributed by atoms with E-state index in [-0.39, 0.29) is 17.6 Å². The summed E-state index contributed by atoms with van der Waals surface area (Å²) in [6, 6.07) is 15.8. The van der Waals surface area contributed by atoms with Crippen LogP contribution in [-0.4, -0.2) is 45.8 Å². The van der Waals surface area contributed by atoms with E-state index >= 15 is 0 Å². The van der Waals surface area contributed by atoms with Crippen LogP contribution >= 0.6 is 11.8 Å². The molecule has 0 saturated carbocycles. The van der Waals surface area contributed by atoms with Crippen LogP contribution in [0.2, 0.25) is 0 Å². The third-order valence-corrected chi connectivity index (χ3v) is 5.64. The molecule has 0 fully saturated rings. The van der Waals surface area contributed by atoms with Gasteiger partial charge in [-0.05, 0) is 56.2 Å².